The van der Waals surface area contributed by atoms with Gasteiger partial charge in [0.15, 0.2) is 5.82 Å². The average molecular weight is 505 g/mol. The highest BCUT2D eigenvalue weighted by Crippen LogP contribution is 2.41. The molecule has 11 heteroatoms. The molecular formula is C25H34F2N6O3. The highest BCUT2D eigenvalue weighted by atomic mass is 19.1. The number of carbonyl (C=O) groups excluding carboxylic acids is 2. The molecule has 36 heavy (non-hydrogen) atoms. The van der Waals surface area contributed by atoms with Crippen LogP contribution in [0.15, 0.2) is 18.2 Å². The number of aromatic nitrogens is 2. The lowest BCUT2D eigenvalue weighted by molar-refractivity contribution is 0.0220. The molecule has 2 aromatic rings. The Kier molecular flexibility index (Phi) is 7.33. The summed E-state index contributed by atoms with van der Waals surface area (Å²) < 4.78 is 27.3. The molecule has 3 amide bonds. The van der Waals surface area contributed by atoms with E-state index in [2.05, 4.69) is 27.3 Å². The molecule has 3 N–H and O–H groups in total. The molecule has 0 radical (unpaired) electrons. The van der Waals surface area contributed by atoms with E-state index in [-0.39, 0.29) is 42.6 Å². The molecule has 1 fully saturated rings. The maximum atomic E-state index is 14.1. The van der Waals surface area contributed by atoms with Gasteiger partial charge in [0.1, 0.15) is 11.6 Å². The second-order valence-corrected chi connectivity index (χ2v) is 10.1. The van der Waals surface area contributed by atoms with Gasteiger partial charge in [0.05, 0.1) is 23.3 Å². The number of benzene rings is 1. The van der Waals surface area contributed by atoms with Gasteiger partial charge in [0, 0.05) is 43.4 Å². The standard InChI is InChI=1S/C25H34F2N6O3/c1-5-9-31-12-15(2)32(13-17(31)8-10-34)24(36)33-14-19-21(25(33,3)4)29-30-22(19)28-23(35)18-7-6-16(26)11-20(18)27/h6-7,11,15,17,34H,5,8-10,12-14H2,1-4H3,(H2,28,29,30,35)/t15-,17+/m0/s1. The van der Waals surface area contributed by atoms with Crippen molar-refractivity contribution in [1.29, 1.82) is 0 Å². The van der Waals surface area contributed by atoms with Crippen LogP contribution in [0.5, 0.6) is 0 Å². The highest BCUT2D eigenvalue weighted by molar-refractivity contribution is 6.04. The van der Waals surface area contributed by atoms with E-state index in [0.717, 1.165) is 31.6 Å². The molecule has 9 nitrogen and oxygen atoms in total. The lowest BCUT2D eigenvalue weighted by Crippen LogP contribution is -2.62. The van der Waals surface area contributed by atoms with Crippen molar-refractivity contribution in [1.82, 2.24) is 24.9 Å². The molecule has 3 heterocycles. The number of anilines is 1. The van der Waals surface area contributed by atoms with Crippen LogP contribution in [0.25, 0.3) is 0 Å². The largest absolute Gasteiger partial charge is 0.396 e. The van der Waals surface area contributed by atoms with E-state index < -0.39 is 23.1 Å². The number of hydrogen-bond donors (Lipinski definition) is 3. The Morgan fingerprint density at radius 1 is 1.28 bits per heavy atom. The van der Waals surface area contributed by atoms with Gasteiger partial charge in [0.2, 0.25) is 0 Å². The van der Waals surface area contributed by atoms with Gasteiger partial charge in [-0.15, -0.1) is 0 Å². The van der Waals surface area contributed by atoms with Crippen LogP contribution >= 0.6 is 0 Å². The number of H-pyrrole nitrogens is 1. The number of nitrogens with one attached hydrogen (secondary N) is 2. The Labute approximate surface area is 209 Å². The fourth-order valence-electron chi connectivity index (χ4n) is 5.29. The lowest BCUT2D eigenvalue weighted by Gasteiger charge is -2.47. The summed E-state index contributed by atoms with van der Waals surface area (Å²) >= 11 is 0. The van der Waals surface area contributed by atoms with Crippen LogP contribution in [0, 0.1) is 11.6 Å². The average Bonchev–Trinajstić information content (AvgIpc) is 3.33. The van der Waals surface area contributed by atoms with Gasteiger partial charge in [-0.3, -0.25) is 14.8 Å². The van der Waals surface area contributed by atoms with E-state index in [1.54, 1.807) is 4.90 Å². The number of aliphatic hydroxyl groups excluding tert-OH is 1. The Morgan fingerprint density at radius 3 is 2.69 bits per heavy atom. The summed E-state index contributed by atoms with van der Waals surface area (Å²) in [7, 11) is 0. The first-order chi connectivity index (χ1) is 17.1. The first-order valence-electron chi connectivity index (χ1n) is 12.4. The molecule has 196 valence electrons. The lowest BCUT2D eigenvalue weighted by atomic mass is 10.0. The van der Waals surface area contributed by atoms with Gasteiger partial charge in [0.25, 0.3) is 5.91 Å². The normalized spacial score (nSPS) is 21.5. The zero-order chi connectivity index (χ0) is 26.2. The number of aromatic amines is 1. The zero-order valence-electron chi connectivity index (χ0n) is 21.1. The van der Waals surface area contributed by atoms with Gasteiger partial charge < -0.3 is 20.2 Å². The third kappa shape index (κ3) is 4.69. The molecule has 1 saturated heterocycles. The summed E-state index contributed by atoms with van der Waals surface area (Å²) in [4.78, 5) is 32.4. The topological polar surface area (TPSA) is 105 Å². The summed E-state index contributed by atoms with van der Waals surface area (Å²) in [6.45, 7) is 10.4. The van der Waals surface area contributed by atoms with E-state index in [9.17, 15) is 23.5 Å². The van der Waals surface area contributed by atoms with Gasteiger partial charge >= 0.3 is 6.03 Å². The number of fused-ring (bicyclic) bond motifs is 1. The molecule has 0 bridgehead atoms. The Bertz CT molecular complexity index is 1140. The number of aliphatic hydroxyl groups is 1. The van der Waals surface area contributed by atoms with Gasteiger partial charge in [-0.05, 0) is 52.3 Å². The molecule has 0 saturated carbocycles. The second kappa shape index (κ2) is 10.1. The predicted octanol–water partition coefficient (Wildman–Crippen LogP) is 3.28. The highest BCUT2D eigenvalue weighted by Gasteiger charge is 2.47. The first-order valence-corrected chi connectivity index (χ1v) is 12.4. The fraction of sp³-hybridized carbons (Fsp3) is 0.560. The molecule has 4 rings (SSSR count). The Balaban J connectivity index is 1.53. The van der Waals surface area contributed by atoms with Crippen molar-refractivity contribution >= 4 is 17.8 Å². The smallest absolute Gasteiger partial charge is 0.321 e. The van der Waals surface area contributed by atoms with Crippen LogP contribution in [0.4, 0.5) is 19.4 Å². The van der Waals surface area contributed by atoms with E-state index in [1.165, 1.54) is 0 Å². The summed E-state index contributed by atoms with van der Waals surface area (Å²) in [6.07, 6.45) is 1.60. The minimum atomic E-state index is -0.967. The fourth-order valence-corrected chi connectivity index (χ4v) is 5.29. The molecule has 0 aliphatic carbocycles. The Morgan fingerprint density at radius 2 is 2.03 bits per heavy atom. The van der Waals surface area contributed by atoms with Crippen molar-refractivity contribution in [2.45, 2.75) is 64.7 Å². The summed E-state index contributed by atoms with van der Waals surface area (Å²) in [5.41, 5.74) is 0.311. The molecule has 2 aliphatic rings. The van der Waals surface area contributed by atoms with Crippen molar-refractivity contribution in [2.24, 2.45) is 0 Å². The first kappa shape index (κ1) is 26.0. The number of rotatable bonds is 6. The van der Waals surface area contributed by atoms with Crippen LogP contribution in [0.2, 0.25) is 0 Å². The van der Waals surface area contributed by atoms with Crippen molar-refractivity contribution in [3.8, 4) is 0 Å². The molecule has 2 aliphatic heterocycles. The molecule has 1 aromatic carbocycles. The number of piperazine rings is 1. The van der Waals surface area contributed by atoms with E-state index in [0.29, 0.717) is 30.3 Å². The SMILES string of the molecule is CCCN1C[C@H](C)N(C(=O)N2Cc3c(NC(=O)c4ccc(F)cc4F)n[nH]c3C2(C)C)C[C@H]1CCO. The van der Waals surface area contributed by atoms with E-state index in [4.69, 9.17) is 0 Å². The minimum absolute atomic E-state index is 0.00696. The molecular weight excluding hydrogens is 470 g/mol. The molecule has 1 aromatic heterocycles. The van der Waals surface area contributed by atoms with Crippen LogP contribution in [0.3, 0.4) is 0 Å². The minimum Gasteiger partial charge on any atom is -0.396 e. The number of nitrogens with zero attached hydrogens (tertiary/aromatic N) is 4. The van der Waals surface area contributed by atoms with Crippen molar-refractivity contribution in [3.63, 3.8) is 0 Å². The van der Waals surface area contributed by atoms with Crippen LogP contribution < -0.4 is 5.32 Å². The Hall–Kier alpha value is -3.05. The van der Waals surface area contributed by atoms with Gasteiger partial charge in [-0.1, -0.05) is 6.92 Å². The maximum Gasteiger partial charge on any atom is 0.321 e. The maximum absolute atomic E-state index is 14.1. The number of hydrogen-bond acceptors (Lipinski definition) is 5. The third-order valence-electron chi connectivity index (χ3n) is 7.28. The summed E-state index contributed by atoms with van der Waals surface area (Å²) in [6, 6.07) is 2.70. The molecule has 0 unspecified atom stereocenters. The third-order valence-corrected chi connectivity index (χ3v) is 7.28. The number of urea groups is 1. The number of halogens is 2. The van der Waals surface area contributed by atoms with E-state index >= 15 is 0 Å². The van der Waals surface area contributed by atoms with Crippen molar-refractivity contribution < 1.29 is 23.5 Å². The monoisotopic (exact) mass is 504 g/mol. The molecule has 2 atom stereocenters. The van der Waals surface area contributed by atoms with Crippen molar-refractivity contribution in [3.05, 3.63) is 46.7 Å². The van der Waals surface area contributed by atoms with Crippen LogP contribution in [0.1, 0.15) is 62.2 Å². The second-order valence-electron chi connectivity index (χ2n) is 10.1. The van der Waals surface area contributed by atoms with Crippen LogP contribution in [-0.4, -0.2) is 80.3 Å². The quantitative estimate of drug-likeness (QED) is 0.560. The van der Waals surface area contributed by atoms with E-state index in [1.807, 2.05) is 25.7 Å². The number of carbonyl (C=O) groups is 2. The van der Waals surface area contributed by atoms with Crippen LogP contribution in [-0.2, 0) is 12.1 Å². The van der Waals surface area contributed by atoms with Gasteiger partial charge in [-0.25, -0.2) is 13.6 Å². The summed E-state index contributed by atoms with van der Waals surface area (Å²) in [5, 5.41) is 19.3. The predicted molar refractivity (Wildman–Crippen MR) is 130 cm³/mol. The van der Waals surface area contributed by atoms with Gasteiger partial charge in [-0.2, -0.15) is 5.10 Å². The number of amides is 3. The summed E-state index contributed by atoms with van der Waals surface area (Å²) in [5.74, 6) is -2.28. The van der Waals surface area contributed by atoms with Crippen molar-refractivity contribution in [2.75, 3.05) is 31.6 Å². The molecule has 0 spiro atoms. The zero-order valence-corrected chi connectivity index (χ0v) is 21.1.